The number of fused-ring (bicyclic) bond motifs is 2. The van der Waals surface area contributed by atoms with Crippen LogP contribution in [-0.4, -0.2) is 66.3 Å². The van der Waals surface area contributed by atoms with Gasteiger partial charge in [-0.2, -0.15) is 9.98 Å². The molecule has 11 nitrogen and oxygen atoms in total. The molecule has 50 heavy (non-hydrogen) atoms. The van der Waals surface area contributed by atoms with Crippen molar-refractivity contribution < 1.29 is 19.2 Å². The van der Waals surface area contributed by atoms with Crippen LogP contribution in [-0.2, 0) is 9.63 Å². The SMILES string of the molecule is O=C1c2ccccc2C(=O)N1OCCN1C(=O)CS/C1=N\c1nc(-c2ccc(Cl)cc2)c2sc(=Nc3ccccc3)n(-c3ccccc3)c2n1. The Labute approximate surface area is 298 Å². The van der Waals surface area contributed by atoms with Crippen molar-refractivity contribution in [1.82, 2.24) is 24.5 Å². The molecule has 4 aromatic carbocycles. The van der Waals surface area contributed by atoms with Gasteiger partial charge in [0.2, 0.25) is 5.91 Å². The molecule has 0 spiro atoms. The first-order chi connectivity index (χ1) is 24.4. The molecular formula is C36H24ClN7O4S2. The molecule has 4 heterocycles. The number of carbonyl (C=O) groups excluding carboxylic acids is 3. The molecule has 0 N–H and O–H groups in total. The number of nitrogens with zero attached hydrogens (tertiary/aromatic N) is 7. The summed E-state index contributed by atoms with van der Waals surface area (Å²) in [6.45, 7) is -0.0669. The predicted octanol–water partition coefficient (Wildman–Crippen LogP) is 6.83. The zero-order valence-electron chi connectivity index (χ0n) is 26.0. The van der Waals surface area contributed by atoms with Crippen LogP contribution in [0.25, 0.3) is 27.3 Å². The fourth-order valence-electron chi connectivity index (χ4n) is 5.54. The van der Waals surface area contributed by atoms with E-state index >= 15 is 0 Å². The van der Waals surface area contributed by atoms with E-state index in [0.29, 0.717) is 26.3 Å². The maximum atomic E-state index is 13.0. The van der Waals surface area contributed by atoms with E-state index in [-0.39, 0.29) is 41.9 Å². The second kappa shape index (κ2) is 13.4. The van der Waals surface area contributed by atoms with Gasteiger partial charge in [-0.1, -0.05) is 95.4 Å². The molecule has 246 valence electrons. The number of amides is 3. The number of benzene rings is 4. The van der Waals surface area contributed by atoms with Crippen LogP contribution in [0.15, 0.2) is 119 Å². The Morgan fingerprint density at radius 3 is 2.14 bits per heavy atom. The van der Waals surface area contributed by atoms with Gasteiger partial charge in [0, 0.05) is 16.3 Å². The number of thioether (sulfide) groups is 1. The van der Waals surface area contributed by atoms with Crippen molar-refractivity contribution in [3.8, 4) is 16.9 Å². The van der Waals surface area contributed by atoms with Crippen molar-refractivity contribution in [2.45, 2.75) is 0 Å². The molecule has 2 aliphatic heterocycles. The van der Waals surface area contributed by atoms with Gasteiger partial charge in [0.15, 0.2) is 15.6 Å². The van der Waals surface area contributed by atoms with Crippen LogP contribution < -0.4 is 4.80 Å². The van der Waals surface area contributed by atoms with Gasteiger partial charge in [0.1, 0.15) is 4.70 Å². The molecule has 0 aliphatic carbocycles. The number of para-hydroxylation sites is 2. The Morgan fingerprint density at radius 1 is 0.780 bits per heavy atom. The summed E-state index contributed by atoms with van der Waals surface area (Å²) in [6, 6.07) is 33.4. The molecule has 2 aliphatic rings. The molecule has 0 radical (unpaired) electrons. The summed E-state index contributed by atoms with van der Waals surface area (Å²) < 4.78 is 2.76. The first-order valence-electron chi connectivity index (χ1n) is 15.4. The standard InChI is InChI=1S/C36H24ClN7O4S2/c37-23-17-15-22(16-18-23)29-30-31(43(25-11-5-2-6-12-25)36(50-30)38-24-9-3-1-4-10-24)40-34(39-29)41-35-42(28(45)21-49-35)19-20-48-44-32(46)26-13-7-8-14-27(26)33(44)47/h1-18H,19-21H2/b38-36?,41-35-. The molecule has 8 rings (SSSR count). The Hall–Kier alpha value is -5.47. The predicted molar refractivity (Wildman–Crippen MR) is 193 cm³/mol. The highest BCUT2D eigenvalue weighted by atomic mass is 35.5. The third kappa shape index (κ3) is 6.00. The van der Waals surface area contributed by atoms with E-state index in [0.717, 1.165) is 26.7 Å². The number of halogens is 1. The summed E-state index contributed by atoms with van der Waals surface area (Å²) in [5.74, 6) is -0.990. The van der Waals surface area contributed by atoms with E-state index in [1.54, 1.807) is 36.4 Å². The Morgan fingerprint density at radius 2 is 1.44 bits per heavy atom. The molecule has 0 bridgehead atoms. The number of amidine groups is 1. The van der Waals surface area contributed by atoms with Crippen LogP contribution in [0.4, 0.5) is 11.6 Å². The number of aliphatic imine (C=N–C) groups is 1. The number of hydrogen-bond donors (Lipinski definition) is 0. The third-order valence-electron chi connectivity index (χ3n) is 7.89. The summed E-state index contributed by atoms with van der Waals surface area (Å²) in [5.41, 5.74) is 4.21. The normalized spacial score (nSPS) is 15.6. The van der Waals surface area contributed by atoms with Crippen molar-refractivity contribution in [2.24, 2.45) is 9.98 Å². The van der Waals surface area contributed by atoms with Gasteiger partial charge in [0.05, 0.1) is 41.4 Å². The van der Waals surface area contributed by atoms with E-state index in [2.05, 4.69) is 0 Å². The number of imide groups is 1. The maximum Gasteiger partial charge on any atom is 0.285 e. The number of aromatic nitrogens is 3. The van der Waals surface area contributed by atoms with Gasteiger partial charge < -0.3 is 0 Å². The molecule has 2 aromatic heterocycles. The summed E-state index contributed by atoms with van der Waals surface area (Å²) in [7, 11) is 0. The lowest BCUT2D eigenvalue weighted by atomic mass is 10.1. The van der Waals surface area contributed by atoms with E-state index in [1.165, 1.54) is 28.0 Å². The zero-order chi connectivity index (χ0) is 34.2. The van der Waals surface area contributed by atoms with Crippen LogP contribution >= 0.6 is 34.7 Å². The molecule has 6 aromatic rings. The first kappa shape index (κ1) is 31.8. The third-order valence-corrected chi connectivity index (χ3v) is 10.1. The molecule has 3 amide bonds. The molecule has 0 atom stereocenters. The molecule has 14 heteroatoms. The summed E-state index contributed by atoms with van der Waals surface area (Å²) >= 11 is 8.95. The van der Waals surface area contributed by atoms with Crippen molar-refractivity contribution in [3.63, 3.8) is 0 Å². The lowest BCUT2D eigenvalue weighted by molar-refractivity contribution is -0.127. The van der Waals surface area contributed by atoms with Crippen LogP contribution in [0.2, 0.25) is 5.02 Å². The van der Waals surface area contributed by atoms with Gasteiger partial charge in [0.25, 0.3) is 17.8 Å². The lowest BCUT2D eigenvalue weighted by Crippen LogP contribution is -2.37. The molecular weight excluding hydrogens is 694 g/mol. The summed E-state index contributed by atoms with van der Waals surface area (Å²) in [5, 5.41) is 1.70. The highest BCUT2D eigenvalue weighted by Gasteiger charge is 2.37. The highest BCUT2D eigenvalue weighted by Crippen LogP contribution is 2.33. The first-order valence-corrected chi connectivity index (χ1v) is 17.6. The highest BCUT2D eigenvalue weighted by molar-refractivity contribution is 8.15. The summed E-state index contributed by atoms with van der Waals surface area (Å²) in [6.07, 6.45) is 0. The fraction of sp³-hybridized carbons (Fsp3) is 0.0833. The number of hydrogen-bond acceptors (Lipinski definition) is 10. The van der Waals surface area contributed by atoms with Crippen molar-refractivity contribution in [2.75, 3.05) is 18.9 Å². The second-order valence-electron chi connectivity index (χ2n) is 11.0. The van der Waals surface area contributed by atoms with E-state index in [4.69, 9.17) is 36.4 Å². The average molecular weight is 718 g/mol. The van der Waals surface area contributed by atoms with Crippen LogP contribution in [0, 0.1) is 0 Å². The van der Waals surface area contributed by atoms with Gasteiger partial charge in [-0.15, -0.1) is 5.06 Å². The molecule has 0 saturated carbocycles. The lowest BCUT2D eigenvalue weighted by Gasteiger charge is -2.18. The average Bonchev–Trinajstić information content (AvgIpc) is 3.76. The second-order valence-corrected chi connectivity index (χ2v) is 13.4. The monoisotopic (exact) mass is 717 g/mol. The Kier molecular flexibility index (Phi) is 8.54. The van der Waals surface area contributed by atoms with Gasteiger partial charge in [-0.25, -0.2) is 9.98 Å². The number of carbonyl (C=O) groups is 3. The minimum atomic E-state index is -0.543. The van der Waals surface area contributed by atoms with Crippen LogP contribution in [0.5, 0.6) is 0 Å². The van der Waals surface area contributed by atoms with Crippen LogP contribution in [0.1, 0.15) is 20.7 Å². The topological polar surface area (TPSA) is 122 Å². The van der Waals surface area contributed by atoms with E-state index in [1.807, 2.05) is 77.4 Å². The fourth-order valence-corrected chi connectivity index (χ4v) is 7.68. The molecule has 1 fully saturated rings. The Balaban J connectivity index is 1.19. The number of hydroxylamine groups is 2. The minimum absolute atomic E-state index is 0.0485. The summed E-state index contributed by atoms with van der Waals surface area (Å²) in [4.78, 5) is 65.8. The maximum absolute atomic E-state index is 13.0. The minimum Gasteiger partial charge on any atom is -0.288 e. The van der Waals surface area contributed by atoms with Crippen molar-refractivity contribution >= 4 is 79.6 Å². The smallest absolute Gasteiger partial charge is 0.285 e. The van der Waals surface area contributed by atoms with Gasteiger partial charge >= 0.3 is 0 Å². The quantitative estimate of drug-likeness (QED) is 0.158. The van der Waals surface area contributed by atoms with Crippen molar-refractivity contribution in [1.29, 1.82) is 0 Å². The Bertz CT molecular complexity index is 2360. The van der Waals surface area contributed by atoms with E-state index < -0.39 is 11.8 Å². The zero-order valence-corrected chi connectivity index (χ0v) is 28.4. The molecule has 1 saturated heterocycles. The van der Waals surface area contributed by atoms with Crippen molar-refractivity contribution in [3.05, 3.63) is 130 Å². The number of thiazole rings is 1. The largest absolute Gasteiger partial charge is 0.288 e. The van der Waals surface area contributed by atoms with Gasteiger partial charge in [-0.3, -0.25) is 28.7 Å². The van der Waals surface area contributed by atoms with Crippen LogP contribution in [0.3, 0.4) is 0 Å². The number of rotatable bonds is 8. The van der Waals surface area contributed by atoms with E-state index in [9.17, 15) is 14.4 Å². The molecule has 0 unspecified atom stereocenters. The van der Waals surface area contributed by atoms with Gasteiger partial charge in [-0.05, 0) is 48.5 Å².